The smallest absolute Gasteiger partial charge is 0.341 e. The van der Waals surface area contributed by atoms with Gasteiger partial charge in [0.05, 0.1) is 16.4 Å². The van der Waals surface area contributed by atoms with Crippen molar-refractivity contribution < 1.29 is 14.8 Å². The fraction of sp³-hybridized carbons (Fsp3) is 0.211. The van der Waals surface area contributed by atoms with E-state index in [0.29, 0.717) is 35.2 Å². The van der Waals surface area contributed by atoms with E-state index in [4.69, 9.17) is 0 Å². The average molecular weight is 453 g/mol. The largest absolute Gasteiger partial charge is 0.477 e. The molecule has 0 spiro atoms. The summed E-state index contributed by atoms with van der Waals surface area (Å²) in [4.78, 5) is 45.7. The van der Waals surface area contributed by atoms with Crippen molar-refractivity contribution in [3.05, 3.63) is 67.7 Å². The molecule has 0 aliphatic carbocycles. The number of fused-ring (bicyclic) bond motifs is 1. The van der Waals surface area contributed by atoms with E-state index in [-0.39, 0.29) is 22.7 Å². The van der Waals surface area contributed by atoms with Crippen LogP contribution >= 0.6 is 11.3 Å². The maximum absolute atomic E-state index is 12.8. The van der Waals surface area contributed by atoms with Crippen molar-refractivity contribution in [2.75, 3.05) is 18.0 Å². The summed E-state index contributed by atoms with van der Waals surface area (Å²) in [5.74, 6) is -0.703. The van der Waals surface area contributed by atoms with Crippen LogP contribution in [0.4, 0.5) is 11.5 Å². The lowest BCUT2D eigenvalue weighted by Gasteiger charge is -2.40. The summed E-state index contributed by atoms with van der Waals surface area (Å²) < 4.78 is 3.09. The molecule has 162 valence electrons. The lowest BCUT2D eigenvalue weighted by molar-refractivity contribution is -0.385. The van der Waals surface area contributed by atoms with Gasteiger partial charge in [-0.25, -0.2) is 14.8 Å². The number of aromatic nitrogens is 5. The van der Waals surface area contributed by atoms with Gasteiger partial charge in [0, 0.05) is 30.9 Å². The Bertz CT molecular complexity index is 1440. The van der Waals surface area contributed by atoms with Gasteiger partial charge in [0.15, 0.2) is 10.8 Å². The Labute approximate surface area is 183 Å². The normalized spacial score (nSPS) is 14.0. The van der Waals surface area contributed by atoms with Crippen LogP contribution < -0.4 is 10.3 Å². The van der Waals surface area contributed by atoms with Crippen molar-refractivity contribution >= 4 is 39.8 Å². The predicted octanol–water partition coefficient (Wildman–Crippen LogP) is 2.01. The molecule has 0 saturated carbocycles. The van der Waals surface area contributed by atoms with Gasteiger partial charge in [-0.15, -0.1) is 11.3 Å². The van der Waals surface area contributed by atoms with E-state index in [2.05, 4.69) is 15.1 Å². The first-order valence-corrected chi connectivity index (χ1v) is 10.3. The fourth-order valence-electron chi connectivity index (χ4n) is 3.70. The van der Waals surface area contributed by atoms with Crippen LogP contribution in [0.25, 0.3) is 16.2 Å². The highest BCUT2D eigenvalue weighted by atomic mass is 32.1. The van der Waals surface area contributed by atoms with Crippen molar-refractivity contribution in [3.63, 3.8) is 0 Å². The molecule has 13 heteroatoms. The first kappa shape index (κ1) is 19.8. The van der Waals surface area contributed by atoms with Crippen LogP contribution in [0.1, 0.15) is 22.0 Å². The SMILES string of the molecule is Cc1cc(N2CC(n3cc([N+](=O)[O-])cn3)C2)nc2c1c(=O)c(C(=O)O)cn2-c1nccs1. The summed E-state index contributed by atoms with van der Waals surface area (Å²) in [6.07, 6.45) is 5.46. The molecule has 0 amide bonds. The van der Waals surface area contributed by atoms with Crippen LogP contribution in [0.2, 0.25) is 0 Å². The molecule has 0 aromatic carbocycles. The highest BCUT2D eigenvalue weighted by molar-refractivity contribution is 7.12. The molecule has 12 nitrogen and oxygen atoms in total. The number of hydrogen-bond acceptors (Lipinski definition) is 9. The monoisotopic (exact) mass is 453 g/mol. The van der Waals surface area contributed by atoms with Crippen LogP contribution in [0, 0.1) is 17.0 Å². The van der Waals surface area contributed by atoms with E-state index in [0.717, 1.165) is 0 Å². The molecular weight excluding hydrogens is 438 g/mol. The second-order valence-corrected chi connectivity index (χ2v) is 8.23. The van der Waals surface area contributed by atoms with E-state index in [9.17, 15) is 24.8 Å². The molecule has 0 bridgehead atoms. The molecule has 1 aliphatic rings. The number of aromatic carboxylic acids is 1. The standard InChI is InChI=1S/C19H15N7O5S/c1-10-4-14(23-6-12(7-23)25-8-11(5-21-25)26(30)31)22-17-15(10)16(27)13(18(28)29)9-24(17)19-20-2-3-32-19/h2-5,8-9,12H,6-7H2,1H3,(H,28,29). The summed E-state index contributed by atoms with van der Waals surface area (Å²) in [7, 11) is 0. The predicted molar refractivity (Wildman–Crippen MR) is 115 cm³/mol. The van der Waals surface area contributed by atoms with Gasteiger partial charge in [0.1, 0.15) is 23.8 Å². The molecule has 4 aromatic heterocycles. The van der Waals surface area contributed by atoms with E-state index >= 15 is 0 Å². The Morgan fingerprint density at radius 3 is 2.75 bits per heavy atom. The number of pyridine rings is 2. The number of thiazole rings is 1. The summed E-state index contributed by atoms with van der Waals surface area (Å²) in [6, 6.07) is 1.69. The third kappa shape index (κ3) is 3.10. The molecule has 0 unspecified atom stereocenters. The minimum atomic E-state index is -1.32. The molecule has 0 atom stereocenters. The maximum atomic E-state index is 12.8. The second-order valence-electron chi connectivity index (χ2n) is 7.35. The van der Waals surface area contributed by atoms with Crippen LogP contribution in [0.3, 0.4) is 0 Å². The maximum Gasteiger partial charge on any atom is 0.341 e. The van der Waals surface area contributed by atoms with Gasteiger partial charge >= 0.3 is 11.7 Å². The number of carboxylic acids is 1. The third-order valence-electron chi connectivity index (χ3n) is 5.36. The minimum absolute atomic E-state index is 0.0444. The second kappa shape index (κ2) is 7.23. The van der Waals surface area contributed by atoms with Crippen molar-refractivity contribution in [1.82, 2.24) is 24.3 Å². The quantitative estimate of drug-likeness (QED) is 0.354. The first-order chi connectivity index (χ1) is 15.3. The summed E-state index contributed by atoms with van der Waals surface area (Å²) in [6.45, 7) is 2.80. The molecule has 5 rings (SSSR count). The molecule has 1 saturated heterocycles. The molecule has 5 heterocycles. The third-order valence-corrected chi connectivity index (χ3v) is 6.13. The zero-order chi connectivity index (χ0) is 22.6. The van der Waals surface area contributed by atoms with Crippen LogP contribution in [-0.4, -0.2) is 53.4 Å². The number of hydrogen-bond donors (Lipinski definition) is 1. The lowest BCUT2D eigenvalue weighted by Crippen LogP contribution is -2.48. The number of carbonyl (C=O) groups is 1. The van der Waals surface area contributed by atoms with Gasteiger partial charge < -0.3 is 10.0 Å². The summed E-state index contributed by atoms with van der Waals surface area (Å²) in [5, 5.41) is 26.9. The van der Waals surface area contributed by atoms with Gasteiger partial charge in [0.2, 0.25) is 5.43 Å². The Kier molecular flexibility index (Phi) is 4.48. The number of rotatable bonds is 5. The van der Waals surface area contributed by atoms with Crippen molar-refractivity contribution in [1.29, 1.82) is 0 Å². The Balaban J connectivity index is 1.55. The molecule has 4 aromatic rings. The van der Waals surface area contributed by atoms with Gasteiger partial charge in [-0.05, 0) is 18.6 Å². The number of nitrogens with zero attached hydrogens (tertiary/aromatic N) is 7. The molecular formula is C19H15N7O5S. The molecule has 32 heavy (non-hydrogen) atoms. The topological polar surface area (TPSA) is 149 Å². The number of anilines is 1. The molecule has 1 aliphatic heterocycles. The van der Waals surface area contributed by atoms with Crippen LogP contribution in [0.15, 0.2) is 41.0 Å². The highest BCUT2D eigenvalue weighted by Crippen LogP contribution is 2.30. The van der Waals surface area contributed by atoms with Gasteiger partial charge in [-0.3, -0.25) is 24.2 Å². The molecule has 1 fully saturated rings. The minimum Gasteiger partial charge on any atom is -0.477 e. The van der Waals surface area contributed by atoms with Crippen molar-refractivity contribution in [2.24, 2.45) is 0 Å². The van der Waals surface area contributed by atoms with E-state index in [1.165, 1.54) is 34.5 Å². The Morgan fingerprint density at radius 2 is 2.12 bits per heavy atom. The summed E-state index contributed by atoms with van der Waals surface area (Å²) in [5.41, 5.74) is -0.0913. The van der Waals surface area contributed by atoms with Crippen molar-refractivity contribution in [3.8, 4) is 5.13 Å². The van der Waals surface area contributed by atoms with Gasteiger partial charge in [-0.2, -0.15) is 5.10 Å². The van der Waals surface area contributed by atoms with Crippen LogP contribution in [-0.2, 0) is 0 Å². The zero-order valence-corrected chi connectivity index (χ0v) is 17.4. The Morgan fingerprint density at radius 1 is 1.34 bits per heavy atom. The number of nitro groups is 1. The fourth-order valence-corrected chi connectivity index (χ4v) is 4.32. The Hall–Kier alpha value is -4.13. The average Bonchev–Trinajstić information content (AvgIpc) is 3.39. The molecule has 0 radical (unpaired) electrons. The lowest BCUT2D eigenvalue weighted by atomic mass is 10.1. The molecule has 1 N–H and O–H groups in total. The van der Waals surface area contributed by atoms with E-state index < -0.39 is 16.3 Å². The zero-order valence-electron chi connectivity index (χ0n) is 16.6. The first-order valence-electron chi connectivity index (χ1n) is 9.47. The van der Waals surface area contributed by atoms with Gasteiger partial charge in [-0.1, -0.05) is 0 Å². The van der Waals surface area contributed by atoms with Gasteiger partial charge in [0.25, 0.3) is 0 Å². The summed E-state index contributed by atoms with van der Waals surface area (Å²) >= 11 is 1.30. The van der Waals surface area contributed by atoms with E-state index in [1.54, 1.807) is 29.2 Å². The van der Waals surface area contributed by atoms with E-state index in [1.807, 2.05) is 4.90 Å². The highest BCUT2D eigenvalue weighted by Gasteiger charge is 2.32. The number of aryl methyl sites for hydroxylation is 1. The van der Waals surface area contributed by atoms with Crippen molar-refractivity contribution in [2.45, 2.75) is 13.0 Å². The van der Waals surface area contributed by atoms with Crippen LogP contribution in [0.5, 0.6) is 0 Å². The number of carboxylic acid groups (broad SMARTS) is 1.